The van der Waals surface area contributed by atoms with E-state index in [1.807, 2.05) is 33.8 Å². The number of rotatable bonds is 7. The molecule has 0 bridgehead atoms. The zero-order valence-corrected chi connectivity index (χ0v) is 20.7. The van der Waals surface area contributed by atoms with Gasteiger partial charge in [-0.05, 0) is 72.6 Å². The molecule has 0 saturated heterocycles. The van der Waals surface area contributed by atoms with Crippen molar-refractivity contribution in [2.24, 2.45) is 23.2 Å². The Labute approximate surface area is 192 Å². The highest BCUT2D eigenvalue weighted by atomic mass is 16.3. The van der Waals surface area contributed by atoms with E-state index in [1.165, 1.54) is 0 Å². The number of aliphatic hydroxyl groups is 3. The molecule has 0 aromatic heterocycles. The van der Waals surface area contributed by atoms with Gasteiger partial charge in [-0.1, -0.05) is 37.6 Å². The Bertz CT molecular complexity index is 897. The number of ketones is 2. The van der Waals surface area contributed by atoms with Gasteiger partial charge in [0.15, 0.2) is 11.6 Å². The van der Waals surface area contributed by atoms with E-state index in [2.05, 4.69) is 6.58 Å². The van der Waals surface area contributed by atoms with Crippen molar-refractivity contribution in [1.29, 1.82) is 0 Å². The van der Waals surface area contributed by atoms with Gasteiger partial charge in [-0.25, -0.2) is 0 Å². The molecule has 32 heavy (non-hydrogen) atoms. The van der Waals surface area contributed by atoms with Crippen molar-refractivity contribution < 1.29 is 24.9 Å². The first-order valence-electron chi connectivity index (χ1n) is 11.7. The molecule has 5 atom stereocenters. The summed E-state index contributed by atoms with van der Waals surface area (Å²) in [4.78, 5) is 26.8. The predicted octanol–water partition coefficient (Wildman–Crippen LogP) is 5.91. The normalized spacial score (nSPS) is 32.1. The molecule has 178 valence electrons. The number of hydrogen-bond acceptors (Lipinski definition) is 5. The topological polar surface area (TPSA) is 94.8 Å². The maximum absolute atomic E-state index is 13.6. The second-order valence-corrected chi connectivity index (χ2v) is 10.5. The van der Waals surface area contributed by atoms with Crippen LogP contribution in [0.5, 0.6) is 0 Å². The summed E-state index contributed by atoms with van der Waals surface area (Å²) in [5, 5.41) is 34.0. The second kappa shape index (κ2) is 9.38. The molecule has 0 amide bonds. The molecule has 1 fully saturated rings. The zero-order valence-electron chi connectivity index (χ0n) is 20.7. The molecule has 0 heterocycles. The molecule has 0 radical (unpaired) electrons. The minimum Gasteiger partial charge on any atom is -0.511 e. The minimum atomic E-state index is -1.39. The highest BCUT2D eigenvalue weighted by Gasteiger charge is 2.52. The number of allylic oxidation sites excluding steroid dienone is 6. The summed E-state index contributed by atoms with van der Waals surface area (Å²) in [5.41, 5.74) is -0.741. The molecule has 2 rings (SSSR count). The van der Waals surface area contributed by atoms with Crippen LogP contribution in [-0.4, -0.2) is 32.5 Å². The van der Waals surface area contributed by atoms with Gasteiger partial charge >= 0.3 is 0 Å². The average Bonchev–Trinajstić information content (AvgIpc) is 2.71. The SMILES string of the molecule is C=C(C)[C@H]1CC[C@@](C)(O)[C@@H](C2=C(O)[C@@](C)(CC=C(C)C)C(=O)C(C(=O)C(C)CC)=C2O)C1. The fourth-order valence-electron chi connectivity index (χ4n) is 4.80. The van der Waals surface area contributed by atoms with Gasteiger partial charge in [0, 0.05) is 17.4 Å². The van der Waals surface area contributed by atoms with Gasteiger partial charge in [0.1, 0.15) is 17.1 Å². The lowest BCUT2D eigenvalue weighted by molar-refractivity contribution is -0.129. The van der Waals surface area contributed by atoms with E-state index in [1.54, 1.807) is 20.8 Å². The Morgan fingerprint density at radius 2 is 1.84 bits per heavy atom. The molecule has 5 nitrogen and oxygen atoms in total. The fraction of sp³-hybridized carbons (Fsp3) is 0.630. The largest absolute Gasteiger partial charge is 0.511 e. The lowest BCUT2D eigenvalue weighted by Gasteiger charge is -2.45. The standard InChI is InChI=1S/C27H40O5/c1-9-17(6)22(28)21-23(29)20(19-14-18(16(4)5)11-13-27(19,8)32)24(30)26(7,25(21)31)12-10-15(2)3/h10,17-19,29-30,32H,4,9,11-14H2,1-3,5-8H3/t17?,18-,19+,26+,27+/m0/s1. The van der Waals surface area contributed by atoms with Crippen LogP contribution < -0.4 is 0 Å². The number of carbonyl (C=O) groups excluding carboxylic acids is 2. The summed E-state index contributed by atoms with van der Waals surface area (Å²) in [6.07, 6.45) is 4.28. The number of hydrogen-bond donors (Lipinski definition) is 3. The Morgan fingerprint density at radius 3 is 2.34 bits per heavy atom. The van der Waals surface area contributed by atoms with Crippen molar-refractivity contribution in [2.75, 3.05) is 0 Å². The lowest BCUT2D eigenvalue weighted by atomic mass is 9.62. The minimum absolute atomic E-state index is 0.115. The van der Waals surface area contributed by atoms with Crippen molar-refractivity contribution in [3.8, 4) is 0 Å². The molecule has 2 aliphatic carbocycles. The highest BCUT2D eigenvalue weighted by molar-refractivity contribution is 6.24. The molecular weight excluding hydrogens is 404 g/mol. The lowest BCUT2D eigenvalue weighted by Crippen LogP contribution is -2.46. The van der Waals surface area contributed by atoms with Crippen LogP contribution in [0.3, 0.4) is 0 Å². The summed E-state index contributed by atoms with van der Waals surface area (Å²) < 4.78 is 0. The van der Waals surface area contributed by atoms with Crippen molar-refractivity contribution in [1.82, 2.24) is 0 Å². The van der Waals surface area contributed by atoms with Gasteiger partial charge in [-0.2, -0.15) is 0 Å². The van der Waals surface area contributed by atoms with E-state index >= 15 is 0 Å². The van der Waals surface area contributed by atoms with Crippen LogP contribution in [0.1, 0.15) is 80.6 Å². The second-order valence-electron chi connectivity index (χ2n) is 10.5. The fourth-order valence-corrected chi connectivity index (χ4v) is 4.80. The van der Waals surface area contributed by atoms with Crippen LogP contribution in [0.15, 0.2) is 46.5 Å². The van der Waals surface area contributed by atoms with E-state index in [0.29, 0.717) is 19.3 Å². The Kier molecular flexibility index (Phi) is 7.66. The van der Waals surface area contributed by atoms with E-state index < -0.39 is 40.2 Å². The van der Waals surface area contributed by atoms with Gasteiger partial charge in [0.05, 0.1) is 11.0 Å². The van der Waals surface area contributed by atoms with Gasteiger partial charge < -0.3 is 15.3 Å². The summed E-state index contributed by atoms with van der Waals surface area (Å²) in [6, 6.07) is 0. The molecule has 0 aromatic rings. The van der Waals surface area contributed by atoms with Crippen molar-refractivity contribution in [2.45, 2.75) is 86.2 Å². The third-order valence-electron chi connectivity index (χ3n) is 7.54. The van der Waals surface area contributed by atoms with E-state index in [0.717, 1.165) is 17.6 Å². The number of aliphatic hydroxyl groups excluding tert-OH is 2. The molecule has 0 spiro atoms. The van der Waals surface area contributed by atoms with Crippen molar-refractivity contribution >= 4 is 11.6 Å². The first-order chi connectivity index (χ1) is 14.7. The van der Waals surface area contributed by atoms with Crippen molar-refractivity contribution in [3.63, 3.8) is 0 Å². The monoisotopic (exact) mass is 444 g/mol. The Morgan fingerprint density at radius 1 is 1.25 bits per heavy atom. The molecular formula is C27H40O5. The molecule has 0 aliphatic heterocycles. The summed E-state index contributed by atoms with van der Waals surface area (Å²) in [5.74, 6) is -2.66. The zero-order chi connectivity index (χ0) is 24.6. The van der Waals surface area contributed by atoms with Crippen molar-refractivity contribution in [3.05, 3.63) is 46.5 Å². The maximum atomic E-state index is 13.6. The molecule has 1 saturated carbocycles. The molecule has 3 N–H and O–H groups in total. The molecule has 2 aliphatic rings. The highest BCUT2D eigenvalue weighted by Crippen LogP contribution is 2.51. The molecule has 5 heteroatoms. The van der Waals surface area contributed by atoms with Gasteiger partial charge in [0.25, 0.3) is 0 Å². The first kappa shape index (κ1) is 26.1. The average molecular weight is 445 g/mol. The van der Waals surface area contributed by atoms with Gasteiger partial charge in [-0.15, -0.1) is 0 Å². The third kappa shape index (κ3) is 4.63. The molecule has 1 unspecified atom stereocenters. The first-order valence-corrected chi connectivity index (χ1v) is 11.7. The predicted molar refractivity (Wildman–Crippen MR) is 127 cm³/mol. The van der Waals surface area contributed by atoms with Crippen LogP contribution in [0, 0.1) is 23.2 Å². The van der Waals surface area contributed by atoms with Crippen LogP contribution >= 0.6 is 0 Å². The third-order valence-corrected chi connectivity index (χ3v) is 7.54. The smallest absolute Gasteiger partial charge is 0.183 e. The van der Waals surface area contributed by atoms with Crippen LogP contribution in [0.4, 0.5) is 0 Å². The van der Waals surface area contributed by atoms with E-state index in [-0.39, 0.29) is 29.2 Å². The number of Topliss-reactive ketones (excluding diaryl/α,β-unsaturated/α-hetero) is 2. The summed E-state index contributed by atoms with van der Waals surface area (Å²) in [6.45, 7) is 16.7. The Hall–Kier alpha value is -2.14. The summed E-state index contributed by atoms with van der Waals surface area (Å²) >= 11 is 0. The summed E-state index contributed by atoms with van der Waals surface area (Å²) in [7, 11) is 0. The van der Waals surface area contributed by atoms with Gasteiger partial charge in [-0.3, -0.25) is 9.59 Å². The quantitative estimate of drug-likeness (QED) is 0.335. The number of carbonyl (C=O) groups is 2. The Balaban J connectivity index is 2.79. The van der Waals surface area contributed by atoms with Crippen LogP contribution in [0.2, 0.25) is 0 Å². The maximum Gasteiger partial charge on any atom is 0.183 e. The molecule has 0 aromatic carbocycles. The van der Waals surface area contributed by atoms with Gasteiger partial charge in [0.2, 0.25) is 0 Å². The van der Waals surface area contributed by atoms with E-state index in [9.17, 15) is 24.9 Å². The van der Waals surface area contributed by atoms with Crippen LogP contribution in [-0.2, 0) is 9.59 Å². The van der Waals surface area contributed by atoms with E-state index in [4.69, 9.17) is 0 Å². The van der Waals surface area contributed by atoms with Crippen LogP contribution in [0.25, 0.3) is 0 Å².